The van der Waals surface area contributed by atoms with E-state index in [0.29, 0.717) is 17.8 Å². The Bertz CT molecular complexity index is 864. The van der Waals surface area contributed by atoms with Crippen LogP contribution in [0, 0.1) is 5.82 Å². The normalized spacial score (nSPS) is 19.6. The summed E-state index contributed by atoms with van der Waals surface area (Å²) in [6, 6.07) is 5.88. The number of carbonyl (C=O) groups is 3. The highest BCUT2D eigenvalue weighted by atomic mass is 19.1. The lowest BCUT2D eigenvalue weighted by molar-refractivity contribution is -0.141. The van der Waals surface area contributed by atoms with Gasteiger partial charge in [0.15, 0.2) is 0 Å². The summed E-state index contributed by atoms with van der Waals surface area (Å²) in [5.74, 6) is -2.17. The van der Waals surface area contributed by atoms with Gasteiger partial charge in [0.1, 0.15) is 12.4 Å². The van der Waals surface area contributed by atoms with E-state index >= 15 is 0 Å². The number of allylic oxidation sites excluding steroid dienone is 1. The summed E-state index contributed by atoms with van der Waals surface area (Å²) < 4.78 is 19.0. The number of nitrogens with zero attached hydrogens (tertiary/aromatic N) is 2. The second-order valence-corrected chi connectivity index (χ2v) is 7.91. The van der Waals surface area contributed by atoms with Gasteiger partial charge >= 0.3 is 5.97 Å². The summed E-state index contributed by atoms with van der Waals surface area (Å²) >= 11 is 0. The van der Waals surface area contributed by atoms with Crippen molar-refractivity contribution in [3.8, 4) is 0 Å². The number of hydrogen-bond acceptors (Lipinski definition) is 5. The van der Waals surface area contributed by atoms with E-state index in [0.717, 1.165) is 19.6 Å². The van der Waals surface area contributed by atoms with Crippen LogP contribution in [-0.2, 0) is 19.1 Å². The van der Waals surface area contributed by atoms with E-state index in [9.17, 15) is 18.8 Å². The van der Waals surface area contributed by atoms with Gasteiger partial charge in [-0.05, 0) is 57.5 Å². The SMILES string of the molecule is CCOC(=O)C1=C(C)N(CC(=O)NCCN2CCCC2)C(=O)CC1c1cccc(F)c1. The van der Waals surface area contributed by atoms with Crippen molar-refractivity contribution in [2.45, 2.75) is 39.0 Å². The molecule has 0 aliphatic carbocycles. The number of likely N-dealkylation sites (tertiary alicyclic amines) is 1. The highest BCUT2D eigenvalue weighted by Gasteiger charge is 2.37. The molecule has 1 aromatic rings. The van der Waals surface area contributed by atoms with Crippen molar-refractivity contribution >= 4 is 17.8 Å². The summed E-state index contributed by atoms with van der Waals surface area (Å²) in [6.07, 6.45) is 2.34. The second-order valence-electron chi connectivity index (χ2n) is 7.91. The first-order chi connectivity index (χ1) is 14.9. The van der Waals surface area contributed by atoms with Crippen molar-refractivity contribution in [1.82, 2.24) is 15.1 Å². The first kappa shape index (κ1) is 22.9. The van der Waals surface area contributed by atoms with Gasteiger partial charge in [-0.3, -0.25) is 9.59 Å². The summed E-state index contributed by atoms with van der Waals surface area (Å²) in [6.45, 7) is 6.74. The van der Waals surface area contributed by atoms with Crippen LogP contribution in [0.15, 0.2) is 35.5 Å². The molecule has 2 aliphatic rings. The van der Waals surface area contributed by atoms with E-state index in [1.165, 1.54) is 29.9 Å². The van der Waals surface area contributed by atoms with Crippen LogP contribution in [0.4, 0.5) is 4.39 Å². The lowest BCUT2D eigenvalue weighted by atomic mass is 9.83. The molecule has 0 radical (unpaired) electrons. The molecule has 0 aromatic heterocycles. The Hall–Kier alpha value is -2.74. The summed E-state index contributed by atoms with van der Waals surface area (Å²) in [5.41, 5.74) is 1.20. The van der Waals surface area contributed by atoms with Crippen LogP contribution in [-0.4, -0.2) is 66.9 Å². The number of ether oxygens (including phenoxy) is 1. The third-order valence-electron chi connectivity index (χ3n) is 5.82. The maximum absolute atomic E-state index is 13.8. The molecule has 2 amide bonds. The third kappa shape index (κ3) is 5.70. The van der Waals surface area contributed by atoms with Crippen molar-refractivity contribution in [3.63, 3.8) is 0 Å². The van der Waals surface area contributed by atoms with Gasteiger partial charge < -0.3 is 19.9 Å². The quantitative estimate of drug-likeness (QED) is 0.639. The zero-order chi connectivity index (χ0) is 22.4. The molecule has 0 bridgehead atoms. The molecule has 2 aliphatic heterocycles. The van der Waals surface area contributed by atoms with Gasteiger partial charge in [-0.15, -0.1) is 0 Å². The molecule has 1 atom stereocenters. The largest absolute Gasteiger partial charge is 0.463 e. The molecule has 1 aromatic carbocycles. The maximum atomic E-state index is 13.8. The average Bonchev–Trinajstić information content (AvgIpc) is 3.24. The molecular formula is C23H30FN3O4. The van der Waals surface area contributed by atoms with Crippen LogP contribution in [0.25, 0.3) is 0 Å². The van der Waals surface area contributed by atoms with Crippen molar-refractivity contribution < 1.29 is 23.5 Å². The van der Waals surface area contributed by atoms with Crippen LogP contribution in [0.1, 0.15) is 44.6 Å². The zero-order valence-electron chi connectivity index (χ0n) is 18.2. The van der Waals surface area contributed by atoms with Gasteiger partial charge in [0.05, 0.1) is 12.2 Å². The molecule has 168 valence electrons. The van der Waals surface area contributed by atoms with E-state index in [4.69, 9.17) is 4.74 Å². The van der Waals surface area contributed by atoms with E-state index < -0.39 is 17.7 Å². The Morgan fingerprint density at radius 3 is 2.68 bits per heavy atom. The number of halogens is 1. The molecule has 1 unspecified atom stereocenters. The fourth-order valence-electron chi connectivity index (χ4n) is 4.24. The topological polar surface area (TPSA) is 79.0 Å². The van der Waals surface area contributed by atoms with E-state index in [-0.39, 0.29) is 37.0 Å². The molecule has 2 heterocycles. The smallest absolute Gasteiger partial charge is 0.336 e. The number of esters is 1. The first-order valence-corrected chi connectivity index (χ1v) is 10.8. The standard InChI is InChI=1S/C23H30FN3O4/c1-3-31-23(30)22-16(2)27(15-20(28)25-9-12-26-10-4-5-11-26)21(29)14-19(22)17-7-6-8-18(24)13-17/h6-8,13,19H,3-5,9-12,14-15H2,1-2H3,(H,25,28). The van der Waals surface area contributed by atoms with Gasteiger partial charge in [0.25, 0.3) is 0 Å². The lowest BCUT2D eigenvalue weighted by Gasteiger charge is -2.34. The van der Waals surface area contributed by atoms with Gasteiger partial charge in [0.2, 0.25) is 11.8 Å². The number of hydrogen-bond donors (Lipinski definition) is 1. The van der Waals surface area contributed by atoms with Crippen LogP contribution < -0.4 is 5.32 Å². The number of rotatable bonds is 8. The minimum atomic E-state index is -0.614. The lowest BCUT2D eigenvalue weighted by Crippen LogP contribution is -2.45. The Morgan fingerprint density at radius 2 is 2.00 bits per heavy atom. The maximum Gasteiger partial charge on any atom is 0.336 e. The predicted octanol–water partition coefficient (Wildman–Crippen LogP) is 2.19. The zero-order valence-corrected chi connectivity index (χ0v) is 18.2. The minimum Gasteiger partial charge on any atom is -0.463 e. The fourth-order valence-corrected chi connectivity index (χ4v) is 4.24. The molecule has 3 rings (SSSR count). The molecule has 0 saturated carbocycles. The van der Waals surface area contributed by atoms with Crippen molar-refractivity contribution in [2.75, 3.05) is 39.3 Å². The molecule has 1 N–H and O–H groups in total. The van der Waals surface area contributed by atoms with Gasteiger partial charge in [-0.25, -0.2) is 9.18 Å². The molecule has 0 spiro atoms. The highest BCUT2D eigenvalue weighted by Crippen LogP contribution is 2.37. The number of amides is 2. The third-order valence-corrected chi connectivity index (χ3v) is 5.82. The molecule has 1 fully saturated rings. The van der Waals surface area contributed by atoms with E-state index in [2.05, 4.69) is 10.2 Å². The Kier molecular flexibility index (Phi) is 7.79. The van der Waals surface area contributed by atoms with Crippen molar-refractivity contribution in [2.24, 2.45) is 0 Å². The van der Waals surface area contributed by atoms with Crippen LogP contribution >= 0.6 is 0 Å². The van der Waals surface area contributed by atoms with E-state index in [1.54, 1.807) is 26.0 Å². The molecule has 8 heteroatoms. The van der Waals surface area contributed by atoms with Gasteiger partial charge in [0, 0.05) is 31.1 Å². The second kappa shape index (κ2) is 10.5. The van der Waals surface area contributed by atoms with Crippen LogP contribution in [0.5, 0.6) is 0 Å². The van der Waals surface area contributed by atoms with E-state index in [1.807, 2.05) is 0 Å². The molecule has 31 heavy (non-hydrogen) atoms. The average molecular weight is 432 g/mol. The monoisotopic (exact) mass is 431 g/mol. The Morgan fingerprint density at radius 1 is 1.26 bits per heavy atom. The molecule has 7 nitrogen and oxygen atoms in total. The predicted molar refractivity (Wildman–Crippen MR) is 113 cm³/mol. The molecule has 1 saturated heterocycles. The number of benzene rings is 1. The summed E-state index contributed by atoms with van der Waals surface area (Å²) in [7, 11) is 0. The Labute approximate surface area is 182 Å². The number of nitrogens with one attached hydrogen (secondary N) is 1. The van der Waals surface area contributed by atoms with Crippen molar-refractivity contribution in [3.05, 3.63) is 46.9 Å². The fraction of sp³-hybridized carbons (Fsp3) is 0.522. The summed E-state index contributed by atoms with van der Waals surface area (Å²) in [4.78, 5) is 41.7. The number of carbonyl (C=O) groups excluding carboxylic acids is 3. The van der Waals surface area contributed by atoms with Crippen LogP contribution in [0.3, 0.4) is 0 Å². The van der Waals surface area contributed by atoms with Crippen molar-refractivity contribution in [1.29, 1.82) is 0 Å². The first-order valence-electron chi connectivity index (χ1n) is 10.8. The van der Waals surface area contributed by atoms with Gasteiger partial charge in [-0.1, -0.05) is 12.1 Å². The highest BCUT2D eigenvalue weighted by molar-refractivity contribution is 5.97. The molecular weight excluding hydrogens is 401 g/mol. The minimum absolute atomic E-state index is 0.0317. The van der Waals surface area contributed by atoms with Crippen LogP contribution in [0.2, 0.25) is 0 Å². The summed E-state index contributed by atoms with van der Waals surface area (Å²) in [5, 5.41) is 2.85. The van der Waals surface area contributed by atoms with Gasteiger partial charge in [-0.2, -0.15) is 0 Å². The Balaban J connectivity index is 1.76.